The summed E-state index contributed by atoms with van der Waals surface area (Å²) in [6.45, 7) is 0.476. The minimum atomic E-state index is -3.77. The summed E-state index contributed by atoms with van der Waals surface area (Å²) in [5.74, 6) is -0.00291. The first-order valence-corrected chi connectivity index (χ1v) is 11.3. The molecule has 0 fully saturated rings. The van der Waals surface area contributed by atoms with Gasteiger partial charge in [-0.3, -0.25) is 0 Å². The fourth-order valence-electron chi connectivity index (χ4n) is 3.13. The van der Waals surface area contributed by atoms with Crippen molar-refractivity contribution in [3.05, 3.63) is 82.8 Å². The number of fused-ring (bicyclic) bond motifs is 1. The van der Waals surface area contributed by atoms with Gasteiger partial charge < -0.3 is 9.67 Å². The Morgan fingerprint density at radius 1 is 0.967 bits per heavy atom. The number of benzene rings is 3. The van der Waals surface area contributed by atoms with E-state index in [0.717, 1.165) is 20.9 Å². The van der Waals surface area contributed by atoms with Crippen LogP contribution in [0.15, 0.2) is 92.4 Å². The molecule has 3 N–H and O–H groups in total. The van der Waals surface area contributed by atoms with E-state index in [1.54, 1.807) is 4.57 Å². The SMILES string of the molecule is NS(=O)(=O)c1ccc(N=Nc2c(O)n(Cc3ccccc3)c3ccc(Br)cc23)cc1. The van der Waals surface area contributed by atoms with Gasteiger partial charge in [-0.05, 0) is 48.0 Å². The molecule has 0 aliphatic heterocycles. The second-order valence-electron chi connectivity index (χ2n) is 6.64. The van der Waals surface area contributed by atoms with Crippen molar-refractivity contribution in [1.29, 1.82) is 0 Å². The number of aromatic nitrogens is 1. The van der Waals surface area contributed by atoms with Gasteiger partial charge in [-0.1, -0.05) is 46.3 Å². The molecule has 0 saturated carbocycles. The summed E-state index contributed by atoms with van der Waals surface area (Å²) in [5.41, 5.74) is 2.62. The first-order chi connectivity index (χ1) is 14.3. The standard InChI is InChI=1S/C21H17BrN4O3S/c22-15-6-11-19-18(12-15)20(21(27)26(19)13-14-4-2-1-3-5-14)25-24-16-7-9-17(10-8-16)30(23,28)29/h1-12,27H,13H2,(H2,23,28,29). The van der Waals surface area contributed by atoms with Gasteiger partial charge in [0.05, 0.1) is 22.6 Å². The Bertz CT molecular complexity index is 1350. The number of halogens is 1. The highest BCUT2D eigenvalue weighted by molar-refractivity contribution is 9.10. The summed E-state index contributed by atoms with van der Waals surface area (Å²) in [7, 11) is -3.77. The fraction of sp³-hybridized carbons (Fsp3) is 0.0476. The van der Waals surface area contributed by atoms with E-state index in [1.165, 1.54) is 24.3 Å². The maximum absolute atomic E-state index is 11.4. The van der Waals surface area contributed by atoms with Gasteiger partial charge in [0, 0.05) is 9.86 Å². The maximum Gasteiger partial charge on any atom is 0.238 e. The molecule has 0 atom stereocenters. The van der Waals surface area contributed by atoms with E-state index in [0.29, 0.717) is 17.9 Å². The normalized spacial score (nSPS) is 12.1. The minimum Gasteiger partial charge on any atom is -0.493 e. The van der Waals surface area contributed by atoms with Gasteiger partial charge in [-0.15, -0.1) is 5.11 Å². The highest BCUT2D eigenvalue weighted by Gasteiger charge is 2.17. The summed E-state index contributed by atoms with van der Waals surface area (Å²) < 4.78 is 25.4. The van der Waals surface area contributed by atoms with Gasteiger partial charge in [0.25, 0.3) is 0 Å². The van der Waals surface area contributed by atoms with E-state index >= 15 is 0 Å². The van der Waals surface area contributed by atoms with Crippen LogP contribution in [0.3, 0.4) is 0 Å². The first-order valence-electron chi connectivity index (χ1n) is 8.92. The zero-order valence-corrected chi connectivity index (χ0v) is 18.0. The summed E-state index contributed by atoms with van der Waals surface area (Å²) in [4.78, 5) is -0.00677. The molecule has 7 nitrogen and oxygen atoms in total. The van der Waals surface area contributed by atoms with Crippen molar-refractivity contribution in [2.45, 2.75) is 11.4 Å². The van der Waals surface area contributed by atoms with Crippen LogP contribution in [0.2, 0.25) is 0 Å². The van der Waals surface area contributed by atoms with E-state index in [-0.39, 0.29) is 10.8 Å². The lowest BCUT2D eigenvalue weighted by molar-refractivity contribution is 0.429. The third kappa shape index (κ3) is 4.13. The molecule has 0 radical (unpaired) electrons. The molecule has 0 amide bonds. The molecule has 0 saturated heterocycles. The maximum atomic E-state index is 11.4. The van der Waals surface area contributed by atoms with Crippen LogP contribution in [-0.4, -0.2) is 18.1 Å². The van der Waals surface area contributed by atoms with E-state index in [1.807, 2.05) is 48.5 Å². The predicted octanol–water partition coefficient (Wildman–Crippen LogP) is 5.22. The molecular formula is C21H17BrN4O3S. The van der Waals surface area contributed by atoms with Crippen molar-refractivity contribution in [3.8, 4) is 5.88 Å². The highest BCUT2D eigenvalue weighted by atomic mass is 79.9. The summed E-state index contributed by atoms with van der Waals surface area (Å²) in [6.07, 6.45) is 0. The molecule has 3 aromatic carbocycles. The van der Waals surface area contributed by atoms with Crippen LogP contribution in [0.25, 0.3) is 10.9 Å². The molecule has 0 aliphatic rings. The number of nitrogens with two attached hydrogens (primary N) is 1. The Balaban J connectivity index is 1.76. The Morgan fingerprint density at radius 2 is 1.67 bits per heavy atom. The molecule has 0 spiro atoms. The second-order valence-corrected chi connectivity index (χ2v) is 9.12. The third-order valence-electron chi connectivity index (χ3n) is 4.59. The molecule has 1 heterocycles. The van der Waals surface area contributed by atoms with Crippen LogP contribution in [-0.2, 0) is 16.6 Å². The van der Waals surface area contributed by atoms with Gasteiger partial charge in [-0.2, -0.15) is 5.11 Å². The summed E-state index contributed by atoms with van der Waals surface area (Å²) in [5, 5.41) is 25.2. The van der Waals surface area contributed by atoms with Crippen molar-refractivity contribution >= 4 is 48.2 Å². The molecule has 1 aromatic heterocycles. The molecule has 4 aromatic rings. The molecule has 0 bridgehead atoms. The van der Waals surface area contributed by atoms with Crippen LogP contribution in [0.1, 0.15) is 5.56 Å². The number of rotatable bonds is 5. The van der Waals surface area contributed by atoms with Crippen molar-refractivity contribution in [3.63, 3.8) is 0 Å². The van der Waals surface area contributed by atoms with Crippen LogP contribution >= 0.6 is 15.9 Å². The van der Waals surface area contributed by atoms with Gasteiger partial charge in [0.1, 0.15) is 0 Å². The van der Waals surface area contributed by atoms with Gasteiger partial charge in [0.2, 0.25) is 15.9 Å². The first kappa shape index (κ1) is 20.3. The zero-order valence-electron chi connectivity index (χ0n) is 15.6. The smallest absolute Gasteiger partial charge is 0.238 e. The predicted molar refractivity (Wildman–Crippen MR) is 119 cm³/mol. The van der Waals surface area contributed by atoms with Crippen molar-refractivity contribution in [2.24, 2.45) is 15.4 Å². The lowest BCUT2D eigenvalue weighted by Gasteiger charge is -2.07. The molecule has 9 heteroatoms. The number of azo groups is 1. The third-order valence-corrected chi connectivity index (χ3v) is 6.01. The van der Waals surface area contributed by atoms with Crippen LogP contribution in [0, 0.1) is 0 Å². The number of aromatic hydroxyl groups is 1. The summed E-state index contributed by atoms with van der Waals surface area (Å²) in [6, 6.07) is 21.2. The average molecular weight is 485 g/mol. The molecule has 30 heavy (non-hydrogen) atoms. The fourth-order valence-corrected chi connectivity index (χ4v) is 4.01. The number of primary sulfonamides is 1. The Morgan fingerprint density at radius 3 is 2.33 bits per heavy atom. The molecule has 152 valence electrons. The monoisotopic (exact) mass is 484 g/mol. The van der Waals surface area contributed by atoms with Crippen molar-refractivity contribution < 1.29 is 13.5 Å². The molecular weight excluding hydrogens is 468 g/mol. The Labute approximate surface area is 181 Å². The van der Waals surface area contributed by atoms with Crippen molar-refractivity contribution in [1.82, 2.24) is 4.57 Å². The Kier molecular flexibility index (Phi) is 5.42. The van der Waals surface area contributed by atoms with E-state index in [2.05, 4.69) is 26.2 Å². The lowest BCUT2D eigenvalue weighted by Crippen LogP contribution is -2.11. The number of sulfonamides is 1. The number of hydrogen-bond acceptors (Lipinski definition) is 5. The molecule has 0 aliphatic carbocycles. The van der Waals surface area contributed by atoms with Gasteiger partial charge >= 0.3 is 0 Å². The average Bonchev–Trinajstić information content (AvgIpc) is 2.97. The van der Waals surface area contributed by atoms with E-state index in [4.69, 9.17) is 5.14 Å². The molecule has 0 unspecified atom stereocenters. The lowest BCUT2D eigenvalue weighted by atomic mass is 10.2. The topological polar surface area (TPSA) is 110 Å². The van der Waals surface area contributed by atoms with E-state index in [9.17, 15) is 13.5 Å². The van der Waals surface area contributed by atoms with E-state index < -0.39 is 10.0 Å². The largest absolute Gasteiger partial charge is 0.493 e. The van der Waals surface area contributed by atoms with Gasteiger partial charge in [0.15, 0.2) is 5.69 Å². The van der Waals surface area contributed by atoms with Crippen molar-refractivity contribution in [2.75, 3.05) is 0 Å². The number of nitrogens with zero attached hydrogens (tertiary/aromatic N) is 3. The Hall–Kier alpha value is -3.01. The molecule has 4 rings (SSSR count). The number of hydrogen-bond donors (Lipinski definition) is 2. The minimum absolute atomic E-state index is 0.00291. The van der Waals surface area contributed by atoms with Gasteiger partial charge in [-0.25, -0.2) is 13.6 Å². The zero-order chi connectivity index (χ0) is 21.3. The van der Waals surface area contributed by atoms with Crippen LogP contribution in [0.4, 0.5) is 11.4 Å². The van der Waals surface area contributed by atoms with Crippen LogP contribution < -0.4 is 5.14 Å². The second kappa shape index (κ2) is 8.02. The highest BCUT2D eigenvalue weighted by Crippen LogP contribution is 2.41. The quantitative estimate of drug-likeness (QED) is 0.378. The van der Waals surface area contributed by atoms with Crippen LogP contribution in [0.5, 0.6) is 5.88 Å². The summed E-state index contributed by atoms with van der Waals surface area (Å²) >= 11 is 3.46.